The van der Waals surface area contributed by atoms with Crippen LogP contribution in [0.1, 0.15) is 24.5 Å². The van der Waals surface area contributed by atoms with Crippen LogP contribution >= 0.6 is 24.0 Å². The van der Waals surface area contributed by atoms with Crippen LogP contribution in [0.5, 0.6) is 0 Å². The molecule has 7 heteroatoms. The van der Waals surface area contributed by atoms with Gasteiger partial charge in [-0.15, -0.1) is 24.0 Å². The third kappa shape index (κ3) is 6.54. The molecule has 0 aliphatic heterocycles. The molecule has 0 radical (unpaired) electrons. The monoisotopic (exact) mass is 415 g/mol. The van der Waals surface area contributed by atoms with Crippen LogP contribution in [-0.2, 0) is 12.7 Å². The predicted octanol–water partition coefficient (Wildman–Crippen LogP) is 3.74. The fraction of sp³-hybridized carbons (Fsp3) is 0.500. The average molecular weight is 415 g/mol. The van der Waals surface area contributed by atoms with E-state index in [2.05, 4.69) is 17.2 Å². The van der Waals surface area contributed by atoms with Crippen LogP contribution in [0, 0.1) is 0 Å². The quantitative estimate of drug-likeness (QED) is 0.461. The molecule has 0 saturated heterocycles. The van der Waals surface area contributed by atoms with Crippen molar-refractivity contribution in [3.8, 4) is 0 Å². The van der Waals surface area contributed by atoms with Gasteiger partial charge in [0.25, 0.3) is 0 Å². The summed E-state index contributed by atoms with van der Waals surface area (Å²) in [5.74, 6) is 0.728. The summed E-state index contributed by atoms with van der Waals surface area (Å²) in [5.41, 5.74) is 0.178. The minimum absolute atomic E-state index is 0. The van der Waals surface area contributed by atoms with Gasteiger partial charge in [0.15, 0.2) is 5.96 Å². The van der Waals surface area contributed by atoms with E-state index < -0.39 is 11.7 Å². The van der Waals surface area contributed by atoms with Crippen LogP contribution in [0.25, 0.3) is 0 Å². The Morgan fingerprint density at radius 2 is 1.81 bits per heavy atom. The minimum atomic E-state index is -4.29. The largest absolute Gasteiger partial charge is 0.416 e. The molecule has 0 aliphatic rings. The maximum absolute atomic E-state index is 12.5. The molecular weight excluding hydrogens is 394 g/mol. The zero-order valence-electron chi connectivity index (χ0n) is 12.4. The van der Waals surface area contributed by atoms with Gasteiger partial charge in [0.05, 0.1) is 5.56 Å². The molecule has 0 saturated carbocycles. The molecule has 0 atom stereocenters. The highest BCUT2D eigenvalue weighted by Crippen LogP contribution is 2.29. The summed E-state index contributed by atoms with van der Waals surface area (Å²) in [6, 6.07) is 5.19. The number of alkyl halides is 3. The third-order valence-electron chi connectivity index (χ3n) is 2.81. The second-order valence-electron chi connectivity index (χ2n) is 4.52. The van der Waals surface area contributed by atoms with Crippen LogP contribution < -0.4 is 5.32 Å². The first-order valence-corrected chi connectivity index (χ1v) is 6.46. The van der Waals surface area contributed by atoms with E-state index in [1.807, 2.05) is 11.9 Å². The molecule has 0 spiro atoms. The van der Waals surface area contributed by atoms with Crippen LogP contribution in [0.3, 0.4) is 0 Å². The summed E-state index contributed by atoms with van der Waals surface area (Å²) in [4.78, 5) is 6.00. The molecule has 1 N–H and O–H groups in total. The van der Waals surface area contributed by atoms with Gasteiger partial charge in [0.2, 0.25) is 0 Å². The Labute approximate surface area is 140 Å². The third-order valence-corrected chi connectivity index (χ3v) is 2.81. The van der Waals surface area contributed by atoms with Crippen LogP contribution in [0.4, 0.5) is 13.2 Å². The second-order valence-corrected chi connectivity index (χ2v) is 4.52. The van der Waals surface area contributed by atoms with Gasteiger partial charge >= 0.3 is 6.18 Å². The molecule has 1 aromatic rings. The number of aliphatic imine (C=N–C) groups is 1. The Kier molecular flexibility index (Phi) is 8.68. The lowest BCUT2D eigenvalue weighted by atomic mass is 10.1. The van der Waals surface area contributed by atoms with E-state index in [4.69, 9.17) is 0 Å². The van der Waals surface area contributed by atoms with Crippen molar-refractivity contribution < 1.29 is 13.2 Å². The Morgan fingerprint density at radius 1 is 1.24 bits per heavy atom. The second kappa shape index (κ2) is 9.11. The van der Waals surface area contributed by atoms with Gasteiger partial charge in [0.1, 0.15) is 0 Å². The summed E-state index contributed by atoms with van der Waals surface area (Å²) in [5, 5.41) is 3.17. The van der Waals surface area contributed by atoms with Gasteiger partial charge in [-0.2, -0.15) is 13.2 Å². The number of hydrogen-bond acceptors (Lipinski definition) is 1. The fourth-order valence-corrected chi connectivity index (χ4v) is 1.77. The topological polar surface area (TPSA) is 27.6 Å². The van der Waals surface area contributed by atoms with Crippen molar-refractivity contribution in [2.75, 3.05) is 20.6 Å². The van der Waals surface area contributed by atoms with Crippen molar-refractivity contribution in [1.29, 1.82) is 0 Å². The first-order valence-electron chi connectivity index (χ1n) is 6.46. The first kappa shape index (κ1) is 20.0. The maximum Gasteiger partial charge on any atom is 0.416 e. The first-order chi connectivity index (χ1) is 9.38. The van der Waals surface area contributed by atoms with E-state index in [0.717, 1.165) is 36.6 Å². The number of nitrogens with zero attached hydrogens (tertiary/aromatic N) is 2. The molecule has 0 aromatic heterocycles. The molecule has 0 unspecified atom stereocenters. The Morgan fingerprint density at radius 3 is 2.24 bits per heavy atom. The fourth-order valence-electron chi connectivity index (χ4n) is 1.77. The van der Waals surface area contributed by atoms with Crippen LogP contribution in [-0.4, -0.2) is 31.5 Å². The van der Waals surface area contributed by atoms with E-state index >= 15 is 0 Å². The summed E-state index contributed by atoms with van der Waals surface area (Å²) >= 11 is 0. The lowest BCUT2D eigenvalue weighted by molar-refractivity contribution is -0.137. The molecule has 0 amide bonds. The predicted molar refractivity (Wildman–Crippen MR) is 90.0 cm³/mol. The summed E-state index contributed by atoms with van der Waals surface area (Å²) in [6.45, 7) is 3.36. The molecule has 0 aliphatic carbocycles. The number of nitrogens with one attached hydrogen (secondary N) is 1. The SMILES string of the molecule is CCCNC(=NC)N(C)Cc1ccc(C(F)(F)F)cc1.I. The Balaban J connectivity index is 0.00000400. The highest BCUT2D eigenvalue weighted by atomic mass is 127. The van der Waals surface area contributed by atoms with E-state index in [1.54, 1.807) is 7.05 Å². The van der Waals surface area contributed by atoms with E-state index in [1.165, 1.54) is 12.1 Å². The molecule has 0 fully saturated rings. The molecular formula is C14H21F3IN3. The standard InChI is InChI=1S/C14H20F3N3.HI/c1-4-9-19-13(18-2)20(3)10-11-5-7-12(8-6-11)14(15,16)17;/h5-8H,4,9-10H2,1-3H3,(H,18,19);1H. The highest BCUT2D eigenvalue weighted by molar-refractivity contribution is 14.0. The highest BCUT2D eigenvalue weighted by Gasteiger charge is 2.29. The summed E-state index contributed by atoms with van der Waals surface area (Å²) in [7, 11) is 3.53. The van der Waals surface area contributed by atoms with Crippen LogP contribution in [0.15, 0.2) is 29.3 Å². The van der Waals surface area contributed by atoms with Gasteiger partial charge < -0.3 is 10.2 Å². The summed E-state index contributed by atoms with van der Waals surface area (Å²) < 4.78 is 37.4. The molecule has 21 heavy (non-hydrogen) atoms. The Bertz CT molecular complexity index is 444. The minimum Gasteiger partial charge on any atom is -0.356 e. The molecule has 0 bridgehead atoms. The molecule has 3 nitrogen and oxygen atoms in total. The lowest BCUT2D eigenvalue weighted by Gasteiger charge is -2.22. The number of halogens is 4. The van der Waals surface area contributed by atoms with Gasteiger partial charge in [0, 0.05) is 27.2 Å². The molecule has 0 heterocycles. The zero-order valence-corrected chi connectivity index (χ0v) is 14.7. The van der Waals surface area contributed by atoms with Crippen molar-refractivity contribution in [1.82, 2.24) is 10.2 Å². The van der Waals surface area contributed by atoms with E-state index in [0.29, 0.717) is 6.54 Å². The zero-order chi connectivity index (χ0) is 15.2. The molecule has 120 valence electrons. The smallest absolute Gasteiger partial charge is 0.356 e. The van der Waals surface area contributed by atoms with Crippen molar-refractivity contribution in [3.05, 3.63) is 35.4 Å². The number of hydrogen-bond donors (Lipinski definition) is 1. The Hall–Kier alpha value is -0.990. The van der Waals surface area contributed by atoms with Crippen molar-refractivity contribution in [2.24, 2.45) is 4.99 Å². The van der Waals surface area contributed by atoms with Gasteiger partial charge in [-0.05, 0) is 24.1 Å². The normalized spacial score (nSPS) is 11.8. The van der Waals surface area contributed by atoms with Gasteiger partial charge in [-0.3, -0.25) is 4.99 Å². The van der Waals surface area contributed by atoms with Crippen LogP contribution in [0.2, 0.25) is 0 Å². The average Bonchev–Trinajstić information content (AvgIpc) is 2.39. The number of rotatable bonds is 4. The number of benzene rings is 1. The van der Waals surface area contributed by atoms with Crippen molar-refractivity contribution >= 4 is 29.9 Å². The number of guanidine groups is 1. The van der Waals surface area contributed by atoms with E-state index in [9.17, 15) is 13.2 Å². The molecule has 1 aromatic carbocycles. The lowest BCUT2D eigenvalue weighted by Crippen LogP contribution is -2.38. The summed E-state index contributed by atoms with van der Waals surface area (Å²) in [6.07, 6.45) is -3.31. The van der Waals surface area contributed by atoms with Crippen molar-refractivity contribution in [2.45, 2.75) is 26.1 Å². The maximum atomic E-state index is 12.5. The van der Waals surface area contributed by atoms with Gasteiger partial charge in [-0.25, -0.2) is 0 Å². The van der Waals surface area contributed by atoms with Crippen molar-refractivity contribution in [3.63, 3.8) is 0 Å². The van der Waals surface area contributed by atoms with Gasteiger partial charge in [-0.1, -0.05) is 19.1 Å². The van der Waals surface area contributed by atoms with E-state index in [-0.39, 0.29) is 24.0 Å². The molecule has 1 rings (SSSR count).